The van der Waals surface area contributed by atoms with Crippen LogP contribution in [0.5, 0.6) is 0 Å². The van der Waals surface area contributed by atoms with Gasteiger partial charge in [-0.05, 0) is 87.4 Å². The van der Waals surface area contributed by atoms with Crippen LogP contribution in [0.2, 0.25) is 0 Å². The number of nitriles is 1. The molecular weight excluding hydrogens is 579 g/mol. The highest BCUT2D eigenvalue weighted by Crippen LogP contribution is 2.66. The third-order valence-electron chi connectivity index (χ3n) is 11.9. The molecule has 4 amide bonds. The van der Waals surface area contributed by atoms with Gasteiger partial charge in [-0.1, -0.05) is 13.8 Å². The quantitative estimate of drug-likeness (QED) is 0.399. The molecule has 3 N–H and O–H groups in total. The molecule has 0 spiro atoms. The minimum Gasteiger partial charge on any atom is -0.363 e. The minimum atomic E-state index is -5.16. The Bertz CT molecular complexity index is 1240. The molecule has 3 unspecified atom stereocenters. The van der Waals surface area contributed by atoms with Crippen molar-refractivity contribution in [1.82, 2.24) is 20.9 Å². The largest absolute Gasteiger partial charge is 0.471 e. The van der Waals surface area contributed by atoms with Crippen molar-refractivity contribution in [3.8, 4) is 6.07 Å². The Morgan fingerprint density at radius 2 is 1.68 bits per heavy atom. The summed E-state index contributed by atoms with van der Waals surface area (Å²) in [7, 11) is 0. The first kappa shape index (κ1) is 31.1. The van der Waals surface area contributed by atoms with Crippen LogP contribution in [0.25, 0.3) is 0 Å². The van der Waals surface area contributed by atoms with Crippen molar-refractivity contribution in [2.75, 3.05) is 6.54 Å². The van der Waals surface area contributed by atoms with Gasteiger partial charge in [-0.2, -0.15) is 18.4 Å². The number of amides is 4. The maximum atomic E-state index is 14.4. The number of nitrogens with zero attached hydrogens (tertiary/aromatic N) is 2. The molecule has 242 valence electrons. The van der Waals surface area contributed by atoms with Crippen LogP contribution in [-0.2, 0) is 23.9 Å². The van der Waals surface area contributed by atoms with E-state index in [1.807, 2.05) is 19.9 Å². The summed E-state index contributed by atoms with van der Waals surface area (Å²) in [5, 5.41) is 17.5. The van der Waals surface area contributed by atoms with Crippen LogP contribution in [0.3, 0.4) is 0 Å². The predicted octanol–water partition coefficient (Wildman–Crippen LogP) is 2.42. The van der Waals surface area contributed by atoms with Gasteiger partial charge in [-0.3, -0.25) is 19.2 Å². The van der Waals surface area contributed by atoms with Crippen molar-refractivity contribution in [1.29, 1.82) is 5.26 Å². The third-order valence-corrected chi connectivity index (χ3v) is 11.9. The molecule has 7 rings (SSSR count). The maximum absolute atomic E-state index is 14.4. The zero-order chi connectivity index (χ0) is 31.9. The van der Waals surface area contributed by atoms with Crippen molar-refractivity contribution < 1.29 is 37.1 Å². The second-order valence-corrected chi connectivity index (χ2v) is 15.1. The molecule has 5 aliphatic carbocycles. The van der Waals surface area contributed by atoms with E-state index in [9.17, 15) is 37.6 Å². The lowest BCUT2D eigenvalue weighted by Gasteiger charge is -2.59. The van der Waals surface area contributed by atoms with Gasteiger partial charge < -0.3 is 25.6 Å². The third kappa shape index (κ3) is 5.24. The van der Waals surface area contributed by atoms with Crippen LogP contribution < -0.4 is 16.0 Å². The van der Waals surface area contributed by atoms with Crippen LogP contribution in [0.4, 0.5) is 13.2 Å². The lowest BCUT2D eigenvalue weighted by atomic mass is 9.47. The number of rotatable bonds is 7. The number of likely N-dealkylation sites (tertiary alicyclic amines) is 1. The summed E-state index contributed by atoms with van der Waals surface area (Å²) < 4.78 is 46.5. The minimum absolute atomic E-state index is 0.0483. The summed E-state index contributed by atoms with van der Waals surface area (Å²) in [6, 6.07) is -1.69. The number of hydrogen-bond donors (Lipinski definition) is 3. The molecule has 0 aromatic rings. The Kier molecular flexibility index (Phi) is 7.49. The van der Waals surface area contributed by atoms with Gasteiger partial charge in [0, 0.05) is 18.4 Å². The number of piperidine rings is 1. The molecule has 7 fully saturated rings. The molecule has 44 heavy (non-hydrogen) atoms. The van der Waals surface area contributed by atoms with E-state index in [0.717, 1.165) is 19.3 Å². The number of alkyl halides is 3. The summed E-state index contributed by atoms with van der Waals surface area (Å²) in [5.74, 6) is -3.14. The first-order chi connectivity index (χ1) is 20.5. The smallest absolute Gasteiger partial charge is 0.363 e. The Balaban J connectivity index is 1.24. The van der Waals surface area contributed by atoms with Gasteiger partial charge in [0.05, 0.1) is 18.2 Å². The number of fused-ring (bicyclic) bond motifs is 1. The highest BCUT2D eigenvalue weighted by Gasteiger charge is 2.70. The van der Waals surface area contributed by atoms with Crippen molar-refractivity contribution in [3.63, 3.8) is 0 Å². The molecule has 7 aliphatic rings. The van der Waals surface area contributed by atoms with Crippen molar-refractivity contribution in [3.05, 3.63) is 0 Å². The van der Waals surface area contributed by atoms with Gasteiger partial charge in [0.25, 0.3) is 0 Å². The second-order valence-electron chi connectivity index (χ2n) is 15.1. The van der Waals surface area contributed by atoms with E-state index in [0.29, 0.717) is 37.0 Å². The van der Waals surface area contributed by atoms with E-state index in [-0.39, 0.29) is 48.3 Å². The van der Waals surface area contributed by atoms with Gasteiger partial charge in [-0.25, -0.2) is 0 Å². The molecule has 4 bridgehead atoms. The number of nitrogens with one attached hydrogen (secondary N) is 3. The van der Waals surface area contributed by atoms with Crippen LogP contribution in [-0.4, -0.2) is 77.6 Å². The first-order valence-corrected chi connectivity index (χ1v) is 15.9. The lowest BCUT2D eigenvalue weighted by Crippen LogP contribution is -2.65. The fourth-order valence-corrected chi connectivity index (χ4v) is 9.85. The van der Waals surface area contributed by atoms with E-state index in [1.165, 1.54) is 4.90 Å². The van der Waals surface area contributed by atoms with E-state index < -0.39 is 53.5 Å². The van der Waals surface area contributed by atoms with E-state index >= 15 is 0 Å². The Hall–Kier alpha value is -2.88. The second kappa shape index (κ2) is 10.6. The molecule has 0 radical (unpaired) electrons. The van der Waals surface area contributed by atoms with Crippen LogP contribution in [0.15, 0.2) is 0 Å². The maximum Gasteiger partial charge on any atom is 0.471 e. The first-order valence-electron chi connectivity index (χ1n) is 15.9. The lowest BCUT2D eigenvalue weighted by molar-refractivity contribution is -0.179. The molecule has 13 heteroatoms. The van der Waals surface area contributed by atoms with Crippen molar-refractivity contribution in [2.24, 2.45) is 40.4 Å². The van der Waals surface area contributed by atoms with Gasteiger partial charge in [0.2, 0.25) is 17.7 Å². The molecule has 5 saturated carbocycles. The standard InChI is InChI=1S/C31H42F3N5O5/c1-14-15(2)44-21(25(40)36-14)8-19(12-35)37-26(41)23-22-20(29(22,3)4)13-39(23)27(42)24(38-28(43)31(32,33)34)30-9-16-5-17(10-30)7-18(6-16)11-30/h14-24H,5-11,13H2,1-4H3,(H,36,40)(H,37,41)(H,38,43)/t14?,15?,16?,17?,18?,19-,20-,21-,22-,23-,24?,30?/m0/s1. The summed E-state index contributed by atoms with van der Waals surface area (Å²) >= 11 is 0. The average Bonchev–Trinajstić information content (AvgIpc) is 3.25. The summed E-state index contributed by atoms with van der Waals surface area (Å²) in [6.45, 7) is 7.75. The number of ether oxygens (including phenoxy) is 1. The van der Waals surface area contributed by atoms with Gasteiger partial charge in [0.1, 0.15) is 24.2 Å². The molecule has 0 aromatic heterocycles. The Morgan fingerprint density at radius 1 is 1.09 bits per heavy atom. The van der Waals surface area contributed by atoms with Gasteiger partial charge in [0.15, 0.2) is 0 Å². The summed E-state index contributed by atoms with van der Waals surface area (Å²) in [5.41, 5.74) is -1.07. The number of hydrogen-bond acceptors (Lipinski definition) is 6. The van der Waals surface area contributed by atoms with Crippen molar-refractivity contribution in [2.45, 2.75) is 115 Å². The fourth-order valence-electron chi connectivity index (χ4n) is 9.85. The average molecular weight is 622 g/mol. The highest BCUT2D eigenvalue weighted by atomic mass is 19.4. The molecule has 2 aliphatic heterocycles. The molecule has 2 heterocycles. The monoisotopic (exact) mass is 621 g/mol. The van der Waals surface area contributed by atoms with Crippen LogP contribution >= 0.6 is 0 Å². The van der Waals surface area contributed by atoms with Crippen LogP contribution in [0, 0.1) is 51.8 Å². The zero-order valence-corrected chi connectivity index (χ0v) is 25.6. The molecule has 8 atom stereocenters. The van der Waals surface area contributed by atoms with E-state index in [1.54, 1.807) is 13.8 Å². The molecule has 0 aromatic carbocycles. The number of carbonyl (C=O) groups is 4. The summed E-state index contributed by atoms with van der Waals surface area (Å²) in [4.78, 5) is 54.5. The van der Waals surface area contributed by atoms with Crippen molar-refractivity contribution >= 4 is 23.6 Å². The van der Waals surface area contributed by atoms with Crippen LogP contribution in [0.1, 0.15) is 72.6 Å². The highest BCUT2D eigenvalue weighted by molar-refractivity contribution is 5.95. The van der Waals surface area contributed by atoms with Gasteiger partial charge in [-0.15, -0.1) is 0 Å². The number of morpholine rings is 1. The SMILES string of the molecule is CC1NC(=O)[C@H](C[C@@H](C#N)NC(=O)[C@@H]2[C@@H]3[C@H](CN2C(=O)C(NC(=O)C(F)(F)F)C24CC5CC(CC(C5)C2)C4)C3(C)C)OC1C. The Labute approximate surface area is 255 Å². The molecular formula is C31H42F3N5O5. The zero-order valence-electron chi connectivity index (χ0n) is 25.6. The predicted molar refractivity (Wildman–Crippen MR) is 149 cm³/mol. The molecule has 10 nitrogen and oxygen atoms in total. The normalized spacial score (nSPS) is 41.2. The van der Waals surface area contributed by atoms with E-state index in [4.69, 9.17) is 4.74 Å². The number of carbonyl (C=O) groups excluding carboxylic acids is 4. The Morgan fingerprint density at radius 3 is 2.23 bits per heavy atom. The topological polar surface area (TPSA) is 141 Å². The van der Waals surface area contributed by atoms with Gasteiger partial charge >= 0.3 is 12.1 Å². The number of halogens is 3. The fraction of sp³-hybridized carbons (Fsp3) is 0.839. The molecule has 2 saturated heterocycles. The van der Waals surface area contributed by atoms with E-state index in [2.05, 4.69) is 16.0 Å². The summed E-state index contributed by atoms with van der Waals surface area (Å²) in [6.07, 6.45) is -1.78.